The van der Waals surface area contributed by atoms with E-state index in [2.05, 4.69) is 11.8 Å². The highest BCUT2D eigenvalue weighted by atomic mass is 16.7. The van der Waals surface area contributed by atoms with Crippen LogP contribution in [-0.2, 0) is 33.3 Å². The molecule has 9 atom stereocenters. The second kappa shape index (κ2) is 14.2. The van der Waals surface area contributed by atoms with E-state index < -0.39 is 53.6 Å². The fourth-order valence-corrected chi connectivity index (χ4v) is 7.70. The Morgan fingerprint density at radius 3 is 2.29 bits per heavy atom. The second-order valence-corrected chi connectivity index (χ2v) is 14.8. The lowest BCUT2D eigenvalue weighted by Gasteiger charge is -2.51. The summed E-state index contributed by atoms with van der Waals surface area (Å²) in [6, 6.07) is -0.197. The van der Waals surface area contributed by atoms with Crippen molar-refractivity contribution in [1.29, 1.82) is 0 Å². The van der Waals surface area contributed by atoms with Crippen LogP contribution in [0.1, 0.15) is 47.5 Å². The van der Waals surface area contributed by atoms with Gasteiger partial charge in [0.05, 0.1) is 43.5 Å². The zero-order valence-corrected chi connectivity index (χ0v) is 28.6. The molecule has 2 N–H and O–H groups in total. The number of carbonyl (C=O) groups excluding carboxylic acids is 3. The van der Waals surface area contributed by atoms with Crippen LogP contribution in [0.15, 0.2) is 0 Å². The molecule has 4 aliphatic heterocycles. The summed E-state index contributed by atoms with van der Waals surface area (Å²) in [6.07, 6.45) is -2.18. The van der Waals surface area contributed by atoms with Crippen LogP contribution in [0.2, 0.25) is 0 Å². The highest BCUT2D eigenvalue weighted by Gasteiger charge is 2.53. The fraction of sp³-hybridized carbons (Fsp3) is 0.906. The number of nitrogens with zero attached hydrogens (tertiary/aromatic N) is 4. The highest BCUT2D eigenvalue weighted by molar-refractivity contribution is 6.00. The van der Waals surface area contributed by atoms with Gasteiger partial charge >= 0.3 is 5.97 Å². The molecule has 0 radical (unpaired) electrons. The van der Waals surface area contributed by atoms with Crippen molar-refractivity contribution in [3.8, 4) is 0 Å². The quantitative estimate of drug-likeness (QED) is 0.294. The second-order valence-electron chi connectivity index (χ2n) is 14.8. The Morgan fingerprint density at radius 2 is 1.71 bits per heavy atom. The average molecular weight is 641 g/mol. The summed E-state index contributed by atoms with van der Waals surface area (Å²) in [6.45, 7) is 11.9. The Morgan fingerprint density at radius 1 is 1.07 bits per heavy atom. The maximum Gasteiger partial charge on any atom is 0.316 e. The number of carbonyl (C=O) groups is 3. The van der Waals surface area contributed by atoms with Gasteiger partial charge in [-0.15, -0.1) is 0 Å². The molecule has 4 heterocycles. The number of esters is 1. The third-order valence-electron chi connectivity index (χ3n) is 10.2. The predicted octanol–water partition coefficient (Wildman–Crippen LogP) is -0.184. The number of β-amino-alcohol motifs (C(OH)–C–C–N with tert-alkyl or cyclic N) is 1. The smallest absolute Gasteiger partial charge is 0.316 e. The summed E-state index contributed by atoms with van der Waals surface area (Å²) in [5.41, 5.74) is -1.88. The van der Waals surface area contributed by atoms with E-state index in [9.17, 15) is 24.6 Å². The molecule has 1 amide bonds. The van der Waals surface area contributed by atoms with Gasteiger partial charge in [-0.3, -0.25) is 19.3 Å². The zero-order chi connectivity index (χ0) is 33.4. The van der Waals surface area contributed by atoms with Crippen molar-refractivity contribution in [2.75, 3.05) is 74.1 Å². The molecular weight excluding hydrogens is 584 g/mol. The highest BCUT2D eigenvalue weighted by Crippen LogP contribution is 2.37. The Kier molecular flexibility index (Phi) is 11.4. The van der Waals surface area contributed by atoms with Gasteiger partial charge in [0.15, 0.2) is 17.7 Å². The minimum absolute atomic E-state index is 0.0750. The topological polar surface area (TPSA) is 142 Å². The van der Waals surface area contributed by atoms with E-state index in [4.69, 9.17) is 18.9 Å². The molecule has 258 valence electrons. The average Bonchev–Trinajstić information content (AvgIpc) is 2.92. The number of hydrogen-bond donors (Lipinski definition) is 2. The van der Waals surface area contributed by atoms with Crippen molar-refractivity contribution >= 4 is 17.7 Å². The van der Waals surface area contributed by atoms with E-state index in [1.807, 2.05) is 44.8 Å². The van der Waals surface area contributed by atoms with E-state index in [-0.39, 0.29) is 49.4 Å². The molecule has 0 aliphatic carbocycles. The SMILES string of the molecule is CO[C@]1(C)C[C@@H](C)CN(C)CC2(CN(C(=O)CN3CC(O)C3)C2)OC(=O)C(C)C(=O)[C@H](C)[C@H]1O[C@@H]1O[C@H](C)C[C@H](N(C)C)[C@H]1O. The molecular formula is C32H56N4O9. The minimum Gasteiger partial charge on any atom is -0.453 e. The largest absolute Gasteiger partial charge is 0.453 e. The van der Waals surface area contributed by atoms with Crippen LogP contribution in [0.25, 0.3) is 0 Å². The molecule has 0 aromatic heterocycles. The Balaban J connectivity index is 1.56. The number of aliphatic hydroxyl groups is 2. The van der Waals surface area contributed by atoms with Crippen LogP contribution in [0.5, 0.6) is 0 Å². The van der Waals surface area contributed by atoms with Crippen LogP contribution in [0, 0.1) is 17.8 Å². The van der Waals surface area contributed by atoms with Crippen molar-refractivity contribution < 1.29 is 43.5 Å². The molecule has 13 nitrogen and oxygen atoms in total. The Bertz CT molecular complexity index is 1070. The third-order valence-corrected chi connectivity index (χ3v) is 10.2. The molecule has 4 rings (SSSR count). The number of likely N-dealkylation sites (tertiary alicyclic amines) is 2. The summed E-state index contributed by atoms with van der Waals surface area (Å²) in [7, 11) is 7.36. The molecule has 0 saturated carbocycles. The van der Waals surface area contributed by atoms with Gasteiger partial charge in [-0.2, -0.15) is 0 Å². The zero-order valence-electron chi connectivity index (χ0n) is 28.6. The number of ether oxygens (including phenoxy) is 4. The van der Waals surface area contributed by atoms with Gasteiger partial charge in [-0.25, -0.2) is 0 Å². The van der Waals surface area contributed by atoms with Crippen molar-refractivity contribution in [1.82, 2.24) is 19.6 Å². The molecule has 4 fully saturated rings. The first-order valence-corrected chi connectivity index (χ1v) is 16.3. The van der Waals surface area contributed by atoms with Crippen molar-refractivity contribution in [2.45, 2.75) is 95.4 Å². The van der Waals surface area contributed by atoms with Crippen molar-refractivity contribution in [3.63, 3.8) is 0 Å². The summed E-state index contributed by atoms with van der Waals surface area (Å²) < 4.78 is 24.9. The summed E-state index contributed by atoms with van der Waals surface area (Å²) >= 11 is 0. The standard InChI is InChI=1S/C32H56N4O9/c1-19-11-31(5,42-9)28(44-30-27(40)24(33(6)7)10-20(2)43-30)21(3)26(39)22(4)29(41)45-32(16-34(8)12-19)17-36(18-32)25(38)15-35-13-23(37)14-35/h19-24,27-28,30,37,40H,10-18H2,1-9H3/t19-,20-,21+,22?,24+,27-,28-,30+,31-/m1/s1. The lowest BCUT2D eigenvalue weighted by molar-refractivity contribution is -0.295. The van der Waals surface area contributed by atoms with Crippen LogP contribution in [-0.4, -0.2) is 169 Å². The van der Waals surface area contributed by atoms with E-state index in [1.54, 1.807) is 25.9 Å². The number of amides is 1. The van der Waals surface area contributed by atoms with Gasteiger partial charge in [0.25, 0.3) is 0 Å². The molecule has 4 aliphatic rings. The molecule has 0 aromatic rings. The van der Waals surface area contributed by atoms with Crippen LogP contribution in [0.4, 0.5) is 0 Å². The first kappa shape index (κ1) is 36.1. The fourth-order valence-electron chi connectivity index (χ4n) is 7.70. The molecule has 4 saturated heterocycles. The summed E-state index contributed by atoms with van der Waals surface area (Å²) in [5, 5.41) is 20.8. The number of hydrogen-bond acceptors (Lipinski definition) is 12. The Hall–Kier alpha value is -1.71. The lowest BCUT2D eigenvalue weighted by Crippen LogP contribution is -2.70. The van der Waals surface area contributed by atoms with E-state index in [0.29, 0.717) is 39.0 Å². The van der Waals surface area contributed by atoms with Crippen LogP contribution >= 0.6 is 0 Å². The van der Waals surface area contributed by atoms with Gasteiger partial charge in [0.2, 0.25) is 5.91 Å². The number of likely N-dealkylation sites (N-methyl/N-ethyl adjacent to an activating group) is 2. The summed E-state index contributed by atoms with van der Waals surface area (Å²) in [5.74, 6) is -2.87. The van der Waals surface area contributed by atoms with Crippen LogP contribution < -0.4 is 0 Å². The normalized spacial score (nSPS) is 39.4. The number of aliphatic hydroxyl groups excluding tert-OH is 2. The third kappa shape index (κ3) is 8.06. The molecule has 1 unspecified atom stereocenters. The van der Waals surface area contributed by atoms with Gasteiger partial charge in [-0.1, -0.05) is 13.8 Å². The predicted molar refractivity (Wildman–Crippen MR) is 165 cm³/mol. The molecule has 0 bridgehead atoms. The summed E-state index contributed by atoms with van der Waals surface area (Å²) in [4.78, 5) is 48.1. The van der Waals surface area contributed by atoms with E-state index in [1.165, 1.54) is 0 Å². The number of rotatable bonds is 6. The van der Waals surface area contributed by atoms with Crippen molar-refractivity contribution in [2.24, 2.45) is 17.8 Å². The van der Waals surface area contributed by atoms with Crippen molar-refractivity contribution in [3.05, 3.63) is 0 Å². The van der Waals surface area contributed by atoms with E-state index in [0.717, 1.165) is 0 Å². The van der Waals surface area contributed by atoms with Gasteiger partial charge in [0.1, 0.15) is 12.0 Å². The first-order chi connectivity index (χ1) is 21.0. The molecule has 0 aromatic carbocycles. The monoisotopic (exact) mass is 640 g/mol. The lowest BCUT2D eigenvalue weighted by atomic mass is 9.78. The number of methoxy groups -OCH3 is 1. The first-order valence-electron chi connectivity index (χ1n) is 16.3. The van der Waals surface area contributed by atoms with Crippen LogP contribution in [0.3, 0.4) is 0 Å². The molecule has 13 heteroatoms. The number of ketones is 1. The van der Waals surface area contributed by atoms with Gasteiger partial charge in [0, 0.05) is 45.2 Å². The molecule has 1 spiro atoms. The van der Waals surface area contributed by atoms with Gasteiger partial charge < -0.3 is 43.9 Å². The molecule has 45 heavy (non-hydrogen) atoms. The van der Waals surface area contributed by atoms with E-state index >= 15 is 0 Å². The minimum atomic E-state index is -1.09. The maximum atomic E-state index is 14.0. The van der Waals surface area contributed by atoms with Gasteiger partial charge in [-0.05, 0) is 60.7 Å². The Labute approximate surface area is 268 Å². The maximum absolute atomic E-state index is 14.0. The number of Topliss-reactive ketones (excluding diaryl/α,β-unsaturated/α-hetero) is 1.